The maximum atomic E-state index is 6.08. The predicted octanol–water partition coefficient (Wildman–Crippen LogP) is 4.31. The van der Waals surface area contributed by atoms with Crippen LogP contribution in [0.5, 0.6) is 0 Å². The fourth-order valence-corrected chi connectivity index (χ4v) is 4.79. The first-order valence-electron chi connectivity index (χ1n) is 11.7. The number of anilines is 1. The molecule has 0 spiro atoms. The number of pyridine rings is 1. The Hall–Kier alpha value is -2.83. The van der Waals surface area contributed by atoms with E-state index in [4.69, 9.17) is 21.4 Å². The summed E-state index contributed by atoms with van der Waals surface area (Å²) in [5, 5.41) is 7.84. The van der Waals surface area contributed by atoms with Crippen LogP contribution in [0.15, 0.2) is 70.6 Å². The van der Waals surface area contributed by atoms with Crippen LogP contribution in [0.4, 0.5) is 5.82 Å². The predicted molar refractivity (Wildman–Crippen MR) is 135 cm³/mol. The highest BCUT2D eigenvalue weighted by Crippen LogP contribution is 2.35. The van der Waals surface area contributed by atoms with Gasteiger partial charge in [-0.2, -0.15) is 5.10 Å². The number of rotatable bonds is 5. The molecule has 33 heavy (non-hydrogen) atoms. The zero-order chi connectivity index (χ0) is 22.5. The number of ether oxygens (including phenoxy) is 1. The topological polar surface area (TPSA) is 44.2 Å². The molecule has 0 amide bonds. The van der Waals surface area contributed by atoms with Gasteiger partial charge in [0.15, 0.2) is 0 Å². The van der Waals surface area contributed by atoms with E-state index in [0.29, 0.717) is 0 Å². The minimum atomic E-state index is 0.767. The van der Waals surface area contributed by atoms with Gasteiger partial charge in [0, 0.05) is 43.1 Å². The van der Waals surface area contributed by atoms with Gasteiger partial charge in [0.2, 0.25) is 0 Å². The Balaban J connectivity index is 1.32. The van der Waals surface area contributed by atoms with Crippen LogP contribution in [0.2, 0.25) is 5.02 Å². The molecule has 7 heteroatoms. The van der Waals surface area contributed by atoms with Gasteiger partial charge >= 0.3 is 0 Å². The van der Waals surface area contributed by atoms with Crippen molar-refractivity contribution in [3.05, 3.63) is 76.1 Å². The van der Waals surface area contributed by atoms with Crippen LogP contribution in [0.25, 0.3) is 6.08 Å². The average molecular weight is 464 g/mol. The number of benzene rings is 1. The summed E-state index contributed by atoms with van der Waals surface area (Å²) in [6.07, 6.45) is 8.31. The summed E-state index contributed by atoms with van der Waals surface area (Å²) in [6, 6.07) is 14.1. The van der Waals surface area contributed by atoms with Gasteiger partial charge < -0.3 is 14.5 Å². The van der Waals surface area contributed by atoms with Crippen LogP contribution in [0.1, 0.15) is 18.4 Å². The third-order valence-corrected chi connectivity index (χ3v) is 6.67. The summed E-state index contributed by atoms with van der Waals surface area (Å²) in [4.78, 5) is 9.28. The molecule has 172 valence electrons. The molecule has 1 aliphatic carbocycles. The molecule has 2 aromatic rings. The molecule has 0 saturated carbocycles. The average Bonchev–Trinajstić information content (AvgIpc) is 3.28. The molecule has 0 radical (unpaired) electrons. The SMILES string of the molecule is Clc1ccc(C=C2CCC(C=NN3CCN(c4ccccn4)CC3)=C2N2CCOCC2)cc1. The van der Waals surface area contributed by atoms with E-state index >= 15 is 0 Å². The van der Waals surface area contributed by atoms with Gasteiger partial charge in [-0.3, -0.25) is 5.01 Å². The second-order valence-electron chi connectivity index (χ2n) is 8.57. The number of morpholine rings is 1. The largest absolute Gasteiger partial charge is 0.378 e. The van der Waals surface area contributed by atoms with Crippen molar-refractivity contribution in [2.24, 2.45) is 5.10 Å². The number of halogens is 1. The Labute approximate surface area is 200 Å². The van der Waals surface area contributed by atoms with E-state index in [1.165, 1.54) is 22.4 Å². The molecule has 2 fully saturated rings. The summed E-state index contributed by atoms with van der Waals surface area (Å²) in [7, 11) is 0. The second-order valence-corrected chi connectivity index (χ2v) is 9.00. The molecule has 3 heterocycles. The van der Waals surface area contributed by atoms with Crippen molar-refractivity contribution in [2.45, 2.75) is 12.8 Å². The third kappa shape index (κ3) is 5.40. The van der Waals surface area contributed by atoms with E-state index in [2.05, 4.69) is 50.3 Å². The zero-order valence-electron chi connectivity index (χ0n) is 18.9. The lowest BCUT2D eigenvalue weighted by molar-refractivity contribution is 0.0548. The van der Waals surface area contributed by atoms with Crippen LogP contribution in [-0.2, 0) is 4.74 Å². The molecule has 0 bridgehead atoms. The summed E-state index contributed by atoms with van der Waals surface area (Å²) >= 11 is 6.08. The monoisotopic (exact) mass is 463 g/mol. The Bertz CT molecular complexity index is 1020. The van der Waals surface area contributed by atoms with Crippen molar-refractivity contribution in [3.8, 4) is 0 Å². The molecule has 1 aromatic heterocycles. The lowest BCUT2D eigenvalue weighted by Gasteiger charge is -2.34. The third-order valence-electron chi connectivity index (χ3n) is 6.42. The number of hydrogen-bond acceptors (Lipinski definition) is 6. The van der Waals surface area contributed by atoms with Crippen LogP contribution in [-0.4, -0.2) is 73.6 Å². The second kappa shape index (κ2) is 10.4. The Morgan fingerprint density at radius 3 is 2.39 bits per heavy atom. The Kier molecular flexibility index (Phi) is 6.93. The van der Waals surface area contributed by atoms with Crippen molar-refractivity contribution >= 4 is 29.7 Å². The summed E-state index contributed by atoms with van der Waals surface area (Å²) in [5.74, 6) is 1.05. The highest BCUT2D eigenvalue weighted by atomic mass is 35.5. The highest BCUT2D eigenvalue weighted by molar-refractivity contribution is 6.30. The van der Waals surface area contributed by atoms with E-state index in [0.717, 1.165) is 76.2 Å². The molecule has 2 aliphatic heterocycles. The number of aromatic nitrogens is 1. The molecule has 0 atom stereocenters. The van der Waals surface area contributed by atoms with Crippen molar-refractivity contribution in [2.75, 3.05) is 57.4 Å². The van der Waals surface area contributed by atoms with Gasteiger partial charge in [-0.1, -0.05) is 29.8 Å². The summed E-state index contributed by atoms with van der Waals surface area (Å²) in [5.41, 5.74) is 5.22. The van der Waals surface area contributed by atoms with Crippen molar-refractivity contribution in [1.82, 2.24) is 14.9 Å². The Morgan fingerprint density at radius 1 is 0.879 bits per heavy atom. The van der Waals surface area contributed by atoms with Crippen molar-refractivity contribution in [1.29, 1.82) is 0 Å². The molecule has 0 N–H and O–H groups in total. The summed E-state index contributed by atoms with van der Waals surface area (Å²) < 4.78 is 5.61. The first kappa shape index (κ1) is 22.0. The Morgan fingerprint density at radius 2 is 1.67 bits per heavy atom. The molecule has 0 unspecified atom stereocenters. The van der Waals surface area contributed by atoms with Crippen LogP contribution in [0, 0.1) is 0 Å². The van der Waals surface area contributed by atoms with E-state index in [9.17, 15) is 0 Å². The van der Waals surface area contributed by atoms with Gasteiger partial charge in [0.1, 0.15) is 5.82 Å². The van der Waals surface area contributed by atoms with E-state index in [1.807, 2.05) is 30.5 Å². The van der Waals surface area contributed by atoms with Crippen molar-refractivity contribution in [3.63, 3.8) is 0 Å². The molecule has 5 rings (SSSR count). The lowest BCUT2D eigenvalue weighted by Crippen LogP contribution is -2.44. The van der Waals surface area contributed by atoms with Crippen LogP contribution >= 0.6 is 11.6 Å². The number of allylic oxidation sites excluding steroid dienone is 2. The first-order valence-corrected chi connectivity index (χ1v) is 12.1. The van der Waals surface area contributed by atoms with E-state index in [-0.39, 0.29) is 0 Å². The quantitative estimate of drug-likeness (QED) is 0.618. The lowest BCUT2D eigenvalue weighted by atomic mass is 10.1. The van der Waals surface area contributed by atoms with E-state index in [1.54, 1.807) is 0 Å². The molecule has 3 aliphatic rings. The van der Waals surface area contributed by atoms with Gasteiger partial charge in [-0.05, 0) is 59.9 Å². The number of hydrogen-bond donors (Lipinski definition) is 0. The molecule has 1 aromatic carbocycles. The number of hydrazone groups is 1. The van der Waals surface area contributed by atoms with Crippen LogP contribution in [0.3, 0.4) is 0 Å². The smallest absolute Gasteiger partial charge is 0.128 e. The van der Waals surface area contributed by atoms with Crippen LogP contribution < -0.4 is 4.90 Å². The zero-order valence-corrected chi connectivity index (χ0v) is 19.6. The number of piperazine rings is 1. The van der Waals surface area contributed by atoms with E-state index < -0.39 is 0 Å². The maximum Gasteiger partial charge on any atom is 0.128 e. The summed E-state index contributed by atoms with van der Waals surface area (Å²) in [6.45, 7) is 7.08. The highest BCUT2D eigenvalue weighted by Gasteiger charge is 2.26. The molecule has 6 nitrogen and oxygen atoms in total. The molecular formula is C26H30ClN5O. The van der Waals surface area contributed by atoms with Gasteiger partial charge in [0.25, 0.3) is 0 Å². The van der Waals surface area contributed by atoms with Crippen molar-refractivity contribution < 1.29 is 4.74 Å². The normalized spacial score (nSPS) is 21.0. The molecule has 2 saturated heterocycles. The fourth-order valence-electron chi connectivity index (χ4n) is 4.66. The van der Waals surface area contributed by atoms with Gasteiger partial charge in [0.05, 0.1) is 32.5 Å². The fraction of sp³-hybridized carbons (Fsp3) is 0.385. The first-order chi connectivity index (χ1) is 16.3. The van der Waals surface area contributed by atoms with Gasteiger partial charge in [-0.25, -0.2) is 4.98 Å². The standard InChI is InChI=1S/C26H30ClN5O/c27-24-8-4-21(5-9-24)19-22-6-7-23(26(22)31-15-17-33-18-16-31)20-29-32-13-11-30(12-14-32)25-3-1-2-10-28-25/h1-5,8-10,19-20H,6-7,11-18H2. The molecular weight excluding hydrogens is 434 g/mol. The minimum absolute atomic E-state index is 0.767. The maximum absolute atomic E-state index is 6.08. The number of nitrogens with zero attached hydrogens (tertiary/aromatic N) is 5. The minimum Gasteiger partial charge on any atom is -0.378 e. The van der Waals surface area contributed by atoms with Gasteiger partial charge in [-0.15, -0.1) is 0 Å².